The number of hydrogen-bond acceptors (Lipinski definition) is 7. The van der Waals surface area contributed by atoms with E-state index in [1.54, 1.807) is 48.4 Å². The lowest BCUT2D eigenvalue weighted by Crippen LogP contribution is -2.38. The van der Waals surface area contributed by atoms with Crippen molar-refractivity contribution in [2.45, 2.75) is 60.1 Å². The third-order valence-corrected chi connectivity index (χ3v) is 7.05. The molecule has 1 unspecified atom stereocenters. The minimum atomic E-state index is -0.777. The summed E-state index contributed by atoms with van der Waals surface area (Å²) in [6.45, 7) is 15.4. The molecule has 0 aromatic heterocycles. The van der Waals surface area contributed by atoms with Gasteiger partial charge in [0.05, 0.1) is 31.4 Å². The van der Waals surface area contributed by atoms with Crippen LogP contribution in [-0.4, -0.2) is 72.6 Å². The van der Waals surface area contributed by atoms with Crippen molar-refractivity contribution in [3.05, 3.63) is 59.2 Å². The Labute approximate surface area is 238 Å². The second-order valence-corrected chi connectivity index (χ2v) is 10.7. The van der Waals surface area contributed by atoms with E-state index in [9.17, 15) is 14.7 Å². The summed E-state index contributed by atoms with van der Waals surface area (Å²) in [5.74, 6) is 0.692. The normalized spacial score (nSPS) is 16.9. The zero-order chi connectivity index (χ0) is 29.4. The van der Waals surface area contributed by atoms with Crippen LogP contribution < -0.4 is 14.2 Å². The third kappa shape index (κ3) is 7.36. The van der Waals surface area contributed by atoms with Gasteiger partial charge in [-0.15, -0.1) is 0 Å². The summed E-state index contributed by atoms with van der Waals surface area (Å²) >= 11 is 0. The summed E-state index contributed by atoms with van der Waals surface area (Å²) in [4.78, 5) is 30.5. The van der Waals surface area contributed by atoms with Crippen molar-refractivity contribution in [3.63, 3.8) is 0 Å². The lowest BCUT2D eigenvalue weighted by molar-refractivity contribution is -0.140. The molecular weight excluding hydrogens is 508 g/mol. The Morgan fingerprint density at radius 3 is 2.25 bits per heavy atom. The second-order valence-electron chi connectivity index (χ2n) is 10.7. The van der Waals surface area contributed by atoms with E-state index >= 15 is 0 Å². The molecule has 1 heterocycles. The average molecular weight is 553 g/mol. The van der Waals surface area contributed by atoms with Gasteiger partial charge in [0.25, 0.3) is 11.7 Å². The van der Waals surface area contributed by atoms with Crippen molar-refractivity contribution >= 4 is 17.4 Å². The van der Waals surface area contributed by atoms with Crippen LogP contribution in [-0.2, 0) is 9.59 Å². The molecule has 1 fully saturated rings. The van der Waals surface area contributed by atoms with E-state index in [0.29, 0.717) is 54.0 Å². The van der Waals surface area contributed by atoms with Crippen LogP contribution in [0.1, 0.15) is 65.1 Å². The fourth-order valence-corrected chi connectivity index (χ4v) is 4.74. The van der Waals surface area contributed by atoms with E-state index in [1.165, 1.54) is 0 Å². The largest absolute Gasteiger partial charge is 0.507 e. The number of Topliss-reactive ketones (excluding diaryl/α,β-unsaturated/α-hetero) is 1. The first-order valence-electron chi connectivity index (χ1n) is 14.2. The first-order chi connectivity index (χ1) is 19.1. The molecule has 8 heteroatoms. The van der Waals surface area contributed by atoms with Crippen molar-refractivity contribution < 1.29 is 28.9 Å². The molecule has 1 amide bonds. The number of amides is 1. The molecule has 0 saturated carbocycles. The van der Waals surface area contributed by atoms with Gasteiger partial charge in [0.2, 0.25) is 0 Å². The number of carbonyl (C=O) groups is 2. The number of likely N-dealkylation sites (tertiary alicyclic amines) is 1. The van der Waals surface area contributed by atoms with Crippen LogP contribution in [0.3, 0.4) is 0 Å². The van der Waals surface area contributed by atoms with Gasteiger partial charge in [-0.3, -0.25) is 9.59 Å². The minimum absolute atomic E-state index is 0.00267. The molecule has 40 heavy (non-hydrogen) atoms. The molecular formula is C32H44N2O6. The smallest absolute Gasteiger partial charge is 0.295 e. The molecule has 0 bridgehead atoms. The Morgan fingerprint density at radius 2 is 1.68 bits per heavy atom. The van der Waals surface area contributed by atoms with Gasteiger partial charge in [-0.25, -0.2) is 0 Å². The maximum Gasteiger partial charge on any atom is 0.295 e. The zero-order valence-corrected chi connectivity index (χ0v) is 24.9. The van der Waals surface area contributed by atoms with Crippen LogP contribution >= 0.6 is 0 Å². The van der Waals surface area contributed by atoms with E-state index in [0.717, 1.165) is 19.5 Å². The standard InChI is InChI=1S/C32H44N2O6/c1-8-33(9-2)17-18-34-29(24-12-15-26(27(20-24)38-7)39-19-16-21(3)4)28(31(36)32(34)37)30(35)23-10-13-25(14-11-23)40-22(5)6/h10-15,20-22,29,35H,8-9,16-19H2,1-7H3/b30-28+. The molecule has 0 radical (unpaired) electrons. The van der Waals surface area contributed by atoms with E-state index in [-0.39, 0.29) is 17.4 Å². The highest BCUT2D eigenvalue weighted by Crippen LogP contribution is 2.42. The Morgan fingerprint density at radius 1 is 1.00 bits per heavy atom. The highest BCUT2D eigenvalue weighted by Gasteiger charge is 2.46. The fourth-order valence-electron chi connectivity index (χ4n) is 4.74. The maximum atomic E-state index is 13.4. The van der Waals surface area contributed by atoms with Gasteiger partial charge in [0, 0.05) is 18.7 Å². The Balaban J connectivity index is 2.06. The molecule has 1 aliphatic heterocycles. The number of benzene rings is 2. The number of likely N-dealkylation sites (N-methyl/N-ethyl adjacent to an activating group) is 1. The summed E-state index contributed by atoms with van der Waals surface area (Å²) < 4.78 is 17.3. The van der Waals surface area contributed by atoms with Crippen molar-refractivity contribution in [2.24, 2.45) is 5.92 Å². The molecule has 8 nitrogen and oxygen atoms in total. The quantitative estimate of drug-likeness (QED) is 0.184. The Hall–Kier alpha value is -3.52. The second kappa shape index (κ2) is 14.2. The topological polar surface area (TPSA) is 88.5 Å². The Bertz CT molecular complexity index is 1180. The van der Waals surface area contributed by atoms with E-state index < -0.39 is 17.7 Å². The van der Waals surface area contributed by atoms with Crippen molar-refractivity contribution in [2.75, 3.05) is 39.9 Å². The first kappa shape index (κ1) is 31.0. The first-order valence-corrected chi connectivity index (χ1v) is 14.2. The minimum Gasteiger partial charge on any atom is -0.507 e. The molecule has 1 N–H and O–H groups in total. The molecule has 0 aliphatic carbocycles. The summed E-state index contributed by atoms with van der Waals surface area (Å²) in [7, 11) is 1.56. The highest BCUT2D eigenvalue weighted by atomic mass is 16.5. The summed E-state index contributed by atoms with van der Waals surface area (Å²) in [5, 5.41) is 11.4. The highest BCUT2D eigenvalue weighted by molar-refractivity contribution is 6.46. The number of nitrogens with zero attached hydrogens (tertiary/aromatic N) is 2. The van der Waals surface area contributed by atoms with Crippen molar-refractivity contribution in [1.29, 1.82) is 0 Å². The number of aliphatic hydroxyl groups is 1. The third-order valence-electron chi connectivity index (χ3n) is 7.05. The molecule has 218 valence electrons. The molecule has 1 aliphatic rings. The molecule has 1 atom stereocenters. The summed E-state index contributed by atoms with van der Waals surface area (Å²) in [6.07, 6.45) is 0.903. The molecule has 2 aromatic rings. The zero-order valence-electron chi connectivity index (χ0n) is 24.9. The van der Waals surface area contributed by atoms with E-state index in [4.69, 9.17) is 14.2 Å². The predicted molar refractivity (Wildman–Crippen MR) is 157 cm³/mol. The molecule has 1 saturated heterocycles. The van der Waals surface area contributed by atoms with Gasteiger partial charge in [0.1, 0.15) is 11.5 Å². The van der Waals surface area contributed by atoms with Gasteiger partial charge >= 0.3 is 0 Å². The summed E-state index contributed by atoms with van der Waals surface area (Å²) in [5.41, 5.74) is 1.15. The lowest BCUT2D eigenvalue weighted by atomic mass is 9.95. The maximum absolute atomic E-state index is 13.4. The molecule has 0 spiro atoms. The van der Waals surface area contributed by atoms with Crippen LogP contribution in [0, 0.1) is 5.92 Å². The number of hydrogen-bond donors (Lipinski definition) is 1. The van der Waals surface area contributed by atoms with Gasteiger partial charge in [-0.05, 0) is 81.2 Å². The van der Waals surface area contributed by atoms with E-state index in [2.05, 4.69) is 32.6 Å². The lowest BCUT2D eigenvalue weighted by Gasteiger charge is -2.28. The van der Waals surface area contributed by atoms with Crippen LogP contribution in [0.2, 0.25) is 0 Å². The summed E-state index contributed by atoms with van der Waals surface area (Å²) in [6, 6.07) is 11.5. The van der Waals surface area contributed by atoms with Crippen molar-refractivity contribution in [3.8, 4) is 17.2 Å². The van der Waals surface area contributed by atoms with Gasteiger partial charge in [-0.2, -0.15) is 0 Å². The van der Waals surface area contributed by atoms with E-state index in [1.807, 2.05) is 19.9 Å². The average Bonchev–Trinajstić information content (AvgIpc) is 3.18. The van der Waals surface area contributed by atoms with Crippen LogP contribution in [0.15, 0.2) is 48.0 Å². The monoisotopic (exact) mass is 552 g/mol. The number of ether oxygens (including phenoxy) is 3. The number of rotatable bonds is 14. The number of methoxy groups -OCH3 is 1. The Kier molecular flexibility index (Phi) is 11.0. The number of ketones is 1. The van der Waals surface area contributed by atoms with Crippen LogP contribution in [0.4, 0.5) is 0 Å². The molecule has 3 rings (SSSR count). The SMILES string of the molecule is CCN(CC)CCN1C(=O)C(=O)/C(=C(/O)c2ccc(OC(C)C)cc2)C1c1ccc(OCCC(C)C)c(OC)c1. The predicted octanol–water partition coefficient (Wildman–Crippen LogP) is 5.67. The van der Waals surface area contributed by atoms with Crippen molar-refractivity contribution in [1.82, 2.24) is 9.80 Å². The number of carbonyl (C=O) groups excluding carboxylic acids is 2. The van der Waals surface area contributed by atoms with Crippen LogP contribution in [0.25, 0.3) is 5.76 Å². The van der Waals surface area contributed by atoms with Gasteiger partial charge in [0.15, 0.2) is 11.5 Å². The van der Waals surface area contributed by atoms with Gasteiger partial charge in [-0.1, -0.05) is 33.8 Å². The fraction of sp³-hybridized carbons (Fsp3) is 0.500. The molecule has 2 aromatic carbocycles. The number of aliphatic hydroxyl groups excluding tert-OH is 1. The van der Waals surface area contributed by atoms with Gasteiger partial charge < -0.3 is 29.1 Å². The van der Waals surface area contributed by atoms with Crippen LogP contribution in [0.5, 0.6) is 17.2 Å².